The first-order valence-electron chi connectivity index (χ1n) is 4.56. The van der Waals surface area contributed by atoms with Crippen molar-refractivity contribution in [2.75, 3.05) is 0 Å². The van der Waals surface area contributed by atoms with E-state index >= 15 is 0 Å². The van der Waals surface area contributed by atoms with Crippen molar-refractivity contribution in [3.8, 4) is 11.8 Å². The molecule has 0 aromatic carbocycles. The predicted octanol–water partition coefficient (Wildman–Crippen LogP) is 3.51. The van der Waals surface area contributed by atoms with Crippen LogP contribution in [0.1, 0.15) is 39.0 Å². The molecule has 0 aromatic rings. The van der Waals surface area contributed by atoms with Crippen LogP contribution < -0.4 is 0 Å². The van der Waals surface area contributed by atoms with Crippen molar-refractivity contribution < 1.29 is 0 Å². The average molecular weight is 183 g/mol. The van der Waals surface area contributed by atoms with Crippen LogP contribution in [-0.4, -0.2) is 5.38 Å². The van der Waals surface area contributed by atoms with E-state index in [1.54, 1.807) is 0 Å². The van der Waals surface area contributed by atoms with E-state index in [1.165, 1.54) is 18.4 Å². The largest absolute Gasteiger partial charge is 0.118 e. The third kappa shape index (κ3) is 3.32. The summed E-state index contributed by atoms with van der Waals surface area (Å²) in [6, 6.07) is 0. The molecule has 1 rings (SSSR count). The van der Waals surface area contributed by atoms with Gasteiger partial charge >= 0.3 is 0 Å². The zero-order valence-corrected chi connectivity index (χ0v) is 8.32. The van der Waals surface area contributed by atoms with E-state index in [4.69, 9.17) is 11.6 Å². The van der Waals surface area contributed by atoms with Gasteiger partial charge in [0, 0.05) is 6.42 Å². The molecule has 0 bridgehead atoms. The van der Waals surface area contributed by atoms with Crippen molar-refractivity contribution in [2.45, 2.75) is 44.4 Å². The Balaban J connectivity index is 2.33. The first-order valence-corrected chi connectivity index (χ1v) is 5.00. The van der Waals surface area contributed by atoms with E-state index in [9.17, 15) is 0 Å². The number of hydrogen-bond acceptors (Lipinski definition) is 0. The first kappa shape index (κ1) is 9.68. The molecule has 0 heterocycles. The third-order valence-electron chi connectivity index (χ3n) is 2.14. The summed E-state index contributed by atoms with van der Waals surface area (Å²) in [5.41, 5.74) is 1.50. The average Bonchev–Trinajstić information content (AvgIpc) is 2.05. The third-order valence-corrected chi connectivity index (χ3v) is 2.49. The molecule has 12 heavy (non-hydrogen) atoms. The van der Waals surface area contributed by atoms with Gasteiger partial charge in [0.15, 0.2) is 0 Å². The minimum atomic E-state index is 0.281. The maximum Gasteiger partial charge on any atom is 0.0518 e. The molecule has 0 saturated heterocycles. The number of allylic oxidation sites excluding steroid dienone is 2. The lowest BCUT2D eigenvalue weighted by atomic mass is 9.96. The molecule has 0 aliphatic heterocycles. The highest BCUT2D eigenvalue weighted by Gasteiger charge is 2.09. The standard InChI is InChI=1S/C11H15Cl/c1-2-3-4-6-10-7-5-8-11(12)9-10/h9,11H,4-8H2,1H3. The van der Waals surface area contributed by atoms with Crippen LogP contribution in [0.3, 0.4) is 0 Å². The predicted molar refractivity (Wildman–Crippen MR) is 54.3 cm³/mol. The lowest BCUT2D eigenvalue weighted by molar-refractivity contribution is 0.682. The Morgan fingerprint density at radius 1 is 1.67 bits per heavy atom. The second-order valence-electron chi connectivity index (χ2n) is 3.16. The Morgan fingerprint density at radius 3 is 3.17 bits per heavy atom. The molecule has 66 valence electrons. The SMILES string of the molecule is CC#CCCC1=CC(Cl)CCC1. The zero-order valence-electron chi connectivity index (χ0n) is 7.57. The molecular formula is C11H15Cl. The molecule has 1 unspecified atom stereocenters. The van der Waals surface area contributed by atoms with Gasteiger partial charge in [-0.05, 0) is 32.6 Å². The quantitative estimate of drug-likeness (QED) is 0.348. The normalized spacial score (nSPS) is 22.5. The molecule has 1 atom stereocenters. The molecule has 0 spiro atoms. The summed E-state index contributed by atoms with van der Waals surface area (Å²) in [5, 5.41) is 0.281. The van der Waals surface area contributed by atoms with Crippen molar-refractivity contribution in [1.82, 2.24) is 0 Å². The molecule has 1 heteroatoms. The summed E-state index contributed by atoms with van der Waals surface area (Å²) in [4.78, 5) is 0. The van der Waals surface area contributed by atoms with Crippen molar-refractivity contribution in [1.29, 1.82) is 0 Å². The number of halogens is 1. The van der Waals surface area contributed by atoms with Crippen LogP contribution in [0.5, 0.6) is 0 Å². The Morgan fingerprint density at radius 2 is 2.50 bits per heavy atom. The van der Waals surface area contributed by atoms with Crippen LogP contribution >= 0.6 is 11.6 Å². The van der Waals surface area contributed by atoms with Gasteiger partial charge in [0.25, 0.3) is 0 Å². The van der Waals surface area contributed by atoms with Gasteiger partial charge in [0.2, 0.25) is 0 Å². The summed E-state index contributed by atoms with van der Waals surface area (Å²) >= 11 is 6.01. The van der Waals surface area contributed by atoms with E-state index in [2.05, 4.69) is 17.9 Å². The van der Waals surface area contributed by atoms with Gasteiger partial charge in [0.1, 0.15) is 0 Å². The van der Waals surface area contributed by atoms with Crippen molar-refractivity contribution in [3.63, 3.8) is 0 Å². The van der Waals surface area contributed by atoms with Crippen molar-refractivity contribution >= 4 is 11.6 Å². The summed E-state index contributed by atoms with van der Waals surface area (Å²) in [6.07, 6.45) is 7.94. The maximum absolute atomic E-state index is 6.01. The smallest absolute Gasteiger partial charge is 0.0518 e. The van der Waals surface area contributed by atoms with Gasteiger partial charge in [-0.1, -0.05) is 11.6 Å². The summed E-state index contributed by atoms with van der Waals surface area (Å²) in [7, 11) is 0. The summed E-state index contributed by atoms with van der Waals surface area (Å²) in [5.74, 6) is 5.98. The zero-order chi connectivity index (χ0) is 8.81. The highest BCUT2D eigenvalue weighted by Crippen LogP contribution is 2.24. The fraction of sp³-hybridized carbons (Fsp3) is 0.636. The molecule has 0 aromatic heterocycles. The maximum atomic E-state index is 6.01. The summed E-state index contributed by atoms with van der Waals surface area (Å²) < 4.78 is 0. The molecule has 1 aliphatic rings. The Hall–Kier alpha value is -0.410. The first-order chi connectivity index (χ1) is 5.83. The van der Waals surface area contributed by atoms with Crippen LogP contribution in [0.15, 0.2) is 11.6 Å². The van der Waals surface area contributed by atoms with Gasteiger partial charge in [0.05, 0.1) is 5.38 Å². The second kappa shape index (κ2) is 5.27. The number of hydrogen-bond donors (Lipinski definition) is 0. The van der Waals surface area contributed by atoms with Crippen molar-refractivity contribution in [3.05, 3.63) is 11.6 Å². The van der Waals surface area contributed by atoms with Gasteiger partial charge in [-0.15, -0.1) is 23.4 Å². The van der Waals surface area contributed by atoms with Crippen molar-refractivity contribution in [2.24, 2.45) is 0 Å². The van der Waals surface area contributed by atoms with Gasteiger partial charge < -0.3 is 0 Å². The highest BCUT2D eigenvalue weighted by atomic mass is 35.5. The highest BCUT2D eigenvalue weighted by molar-refractivity contribution is 6.21. The molecular weight excluding hydrogens is 168 g/mol. The topological polar surface area (TPSA) is 0 Å². The lowest BCUT2D eigenvalue weighted by Gasteiger charge is -2.15. The monoisotopic (exact) mass is 182 g/mol. The Labute approximate surface area is 80.0 Å². The van der Waals surface area contributed by atoms with Crippen LogP contribution in [0.2, 0.25) is 0 Å². The van der Waals surface area contributed by atoms with Gasteiger partial charge in [-0.3, -0.25) is 0 Å². The number of rotatable bonds is 2. The molecule has 1 aliphatic carbocycles. The molecule has 0 nitrogen and oxygen atoms in total. The molecule has 0 saturated carbocycles. The van der Waals surface area contributed by atoms with E-state index in [-0.39, 0.29) is 5.38 Å². The Bertz CT molecular complexity index is 217. The van der Waals surface area contributed by atoms with Crippen LogP contribution in [0, 0.1) is 11.8 Å². The van der Waals surface area contributed by atoms with E-state index in [0.29, 0.717) is 0 Å². The minimum absolute atomic E-state index is 0.281. The van der Waals surface area contributed by atoms with Gasteiger partial charge in [-0.25, -0.2) is 0 Å². The number of alkyl halides is 1. The van der Waals surface area contributed by atoms with E-state index in [1.807, 2.05) is 6.92 Å². The summed E-state index contributed by atoms with van der Waals surface area (Å²) in [6.45, 7) is 1.89. The molecule has 0 N–H and O–H groups in total. The molecule has 0 radical (unpaired) electrons. The van der Waals surface area contributed by atoms with E-state index in [0.717, 1.165) is 19.3 Å². The van der Waals surface area contributed by atoms with Crippen LogP contribution in [0.4, 0.5) is 0 Å². The Kier molecular flexibility index (Phi) is 4.25. The fourth-order valence-electron chi connectivity index (χ4n) is 1.50. The van der Waals surface area contributed by atoms with Gasteiger partial charge in [-0.2, -0.15) is 0 Å². The van der Waals surface area contributed by atoms with Crippen LogP contribution in [-0.2, 0) is 0 Å². The molecule has 0 fully saturated rings. The second-order valence-corrected chi connectivity index (χ2v) is 3.72. The molecule has 0 amide bonds. The van der Waals surface area contributed by atoms with Crippen LogP contribution in [0.25, 0.3) is 0 Å². The lowest BCUT2D eigenvalue weighted by Crippen LogP contribution is -2.02. The van der Waals surface area contributed by atoms with E-state index < -0.39 is 0 Å². The minimum Gasteiger partial charge on any atom is -0.118 e. The fourth-order valence-corrected chi connectivity index (χ4v) is 1.84.